The first-order chi connectivity index (χ1) is 8.52. The molecule has 2 atom stereocenters. The molecule has 0 amide bonds. The molecule has 1 aromatic rings. The fourth-order valence-electron chi connectivity index (χ4n) is 2.80. The van der Waals surface area contributed by atoms with Crippen LogP contribution in [0.1, 0.15) is 32.4 Å². The first kappa shape index (κ1) is 13.5. The van der Waals surface area contributed by atoms with E-state index in [0.717, 1.165) is 19.8 Å². The Labute approximate surface area is 110 Å². The molecule has 3 nitrogen and oxygen atoms in total. The van der Waals surface area contributed by atoms with E-state index >= 15 is 0 Å². The van der Waals surface area contributed by atoms with Gasteiger partial charge in [0.05, 0.1) is 19.3 Å². The van der Waals surface area contributed by atoms with Crippen molar-refractivity contribution >= 4 is 0 Å². The van der Waals surface area contributed by atoms with Crippen LogP contribution >= 0.6 is 0 Å². The Morgan fingerprint density at radius 1 is 1.28 bits per heavy atom. The molecule has 0 radical (unpaired) electrons. The molecular weight excluding hydrogens is 224 g/mol. The number of ether oxygens (including phenoxy) is 1. The van der Waals surface area contributed by atoms with Crippen molar-refractivity contribution < 1.29 is 4.74 Å². The lowest BCUT2D eigenvalue weighted by molar-refractivity contribution is -0.0765. The Balaban J connectivity index is 2.30. The summed E-state index contributed by atoms with van der Waals surface area (Å²) in [4.78, 5) is 2.48. The van der Waals surface area contributed by atoms with Gasteiger partial charge in [0.1, 0.15) is 0 Å². The number of morpholine rings is 1. The molecule has 2 rings (SSSR count). The summed E-state index contributed by atoms with van der Waals surface area (Å²) in [5.41, 5.74) is 7.57. The van der Waals surface area contributed by atoms with Crippen LogP contribution in [0.25, 0.3) is 0 Å². The van der Waals surface area contributed by atoms with Gasteiger partial charge in [0.25, 0.3) is 0 Å². The van der Waals surface area contributed by atoms with Gasteiger partial charge in [-0.2, -0.15) is 0 Å². The summed E-state index contributed by atoms with van der Waals surface area (Å²) in [6.07, 6.45) is 0. The Morgan fingerprint density at radius 2 is 1.94 bits per heavy atom. The quantitative estimate of drug-likeness (QED) is 0.891. The highest BCUT2D eigenvalue weighted by molar-refractivity contribution is 5.21. The normalized spacial score (nSPS) is 23.6. The molecule has 1 aliphatic rings. The molecule has 3 heteroatoms. The summed E-state index contributed by atoms with van der Waals surface area (Å²) < 4.78 is 5.60. The van der Waals surface area contributed by atoms with E-state index in [0.29, 0.717) is 0 Å². The van der Waals surface area contributed by atoms with E-state index in [9.17, 15) is 0 Å². The Kier molecular flexibility index (Phi) is 4.05. The standard InChI is InChI=1S/C15H24N2O/c1-12(16)14(13-7-5-4-6-8-13)17-9-10-18-11-15(17,2)3/h4-8,12,14H,9-11,16H2,1-3H3. The van der Waals surface area contributed by atoms with E-state index in [4.69, 9.17) is 10.5 Å². The maximum atomic E-state index is 6.24. The van der Waals surface area contributed by atoms with E-state index < -0.39 is 0 Å². The Hall–Kier alpha value is -0.900. The average Bonchev–Trinajstić information content (AvgIpc) is 2.32. The molecule has 100 valence electrons. The predicted molar refractivity (Wildman–Crippen MR) is 74.4 cm³/mol. The summed E-state index contributed by atoms with van der Waals surface area (Å²) in [5, 5.41) is 0. The largest absolute Gasteiger partial charge is 0.378 e. The minimum atomic E-state index is 0.0341. The van der Waals surface area contributed by atoms with Crippen molar-refractivity contribution in [3.63, 3.8) is 0 Å². The molecule has 0 saturated carbocycles. The van der Waals surface area contributed by atoms with Crippen molar-refractivity contribution in [1.82, 2.24) is 4.90 Å². The van der Waals surface area contributed by atoms with Crippen LogP contribution in [0.5, 0.6) is 0 Å². The highest BCUT2D eigenvalue weighted by Gasteiger charge is 2.37. The van der Waals surface area contributed by atoms with Gasteiger partial charge in [0, 0.05) is 18.1 Å². The zero-order valence-corrected chi connectivity index (χ0v) is 11.6. The highest BCUT2D eigenvalue weighted by Crippen LogP contribution is 2.32. The molecule has 0 aliphatic carbocycles. The van der Waals surface area contributed by atoms with Gasteiger partial charge in [0.15, 0.2) is 0 Å². The van der Waals surface area contributed by atoms with Crippen molar-refractivity contribution in [2.75, 3.05) is 19.8 Å². The maximum absolute atomic E-state index is 6.24. The Bertz CT molecular complexity index is 375. The lowest BCUT2D eigenvalue weighted by atomic mass is 9.92. The predicted octanol–water partition coefficient (Wildman–Crippen LogP) is 2.19. The number of rotatable bonds is 3. The summed E-state index contributed by atoms with van der Waals surface area (Å²) in [5.74, 6) is 0. The molecule has 1 saturated heterocycles. The molecule has 0 bridgehead atoms. The number of hydrogen-bond acceptors (Lipinski definition) is 3. The fourth-order valence-corrected chi connectivity index (χ4v) is 2.80. The average molecular weight is 248 g/mol. The van der Waals surface area contributed by atoms with Gasteiger partial charge in [-0.3, -0.25) is 4.90 Å². The zero-order valence-electron chi connectivity index (χ0n) is 11.6. The number of nitrogens with zero attached hydrogens (tertiary/aromatic N) is 1. The van der Waals surface area contributed by atoms with Gasteiger partial charge in [-0.25, -0.2) is 0 Å². The molecule has 1 heterocycles. The molecule has 2 N–H and O–H groups in total. The third-order valence-electron chi connectivity index (χ3n) is 3.68. The van der Waals surface area contributed by atoms with Crippen LogP contribution in [0.15, 0.2) is 30.3 Å². The molecule has 1 fully saturated rings. The lowest BCUT2D eigenvalue weighted by Gasteiger charge is -2.48. The molecule has 0 aromatic heterocycles. The van der Waals surface area contributed by atoms with E-state index in [1.807, 2.05) is 6.07 Å². The zero-order chi connectivity index (χ0) is 13.2. The van der Waals surface area contributed by atoms with E-state index in [1.54, 1.807) is 0 Å². The van der Waals surface area contributed by atoms with Crippen molar-refractivity contribution in [1.29, 1.82) is 0 Å². The van der Waals surface area contributed by atoms with Crippen molar-refractivity contribution in [3.05, 3.63) is 35.9 Å². The van der Waals surface area contributed by atoms with Gasteiger partial charge >= 0.3 is 0 Å². The first-order valence-corrected chi connectivity index (χ1v) is 6.67. The van der Waals surface area contributed by atoms with Crippen LogP contribution in [0.2, 0.25) is 0 Å². The second-order valence-electron chi connectivity index (χ2n) is 5.77. The minimum Gasteiger partial charge on any atom is -0.378 e. The topological polar surface area (TPSA) is 38.5 Å². The van der Waals surface area contributed by atoms with Gasteiger partial charge in [0.2, 0.25) is 0 Å². The smallest absolute Gasteiger partial charge is 0.0645 e. The molecule has 2 unspecified atom stereocenters. The second kappa shape index (κ2) is 5.39. The highest BCUT2D eigenvalue weighted by atomic mass is 16.5. The van der Waals surface area contributed by atoms with Crippen LogP contribution < -0.4 is 5.73 Å². The third-order valence-corrected chi connectivity index (χ3v) is 3.68. The number of benzene rings is 1. The van der Waals surface area contributed by atoms with Gasteiger partial charge in [-0.15, -0.1) is 0 Å². The summed E-state index contributed by atoms with van der Waals surface area (Å²) in [6, 6.07) is 10.9. The van der Waals surface area contributed by atoms with Crippen LogP contribution in [0.3, 0.4) is 0 Å². The van der Waals surface area contributed by atoms with E-state index in [2.05, 4.69) is 49.9 Å². The summed E-state index contributed by atoms with van der Waals surface area (Å²) in [6.45, 7) is 9.04. The third kappa shape index (κ3) is 2.74. The SMILES string of the molecule is CC(N)C(c1ccccc1)N1CCOCC1(C)C. The molecule has 1 aliphatic heterocycles. The van der Waals surface area contributed by atoms with Crippen LogP contribution in [0.4, 0.5) is 0 Å². The van der Waals surface area contributed by atoms with Crippen LogP contribution in [0, 0.1) is 0 Å². The summed E-state index contributed by atoms with van der Waals surface area (Å²) >= 11 is 0. The fraction of sp³-hybridized carbons (Fsp3) is 0.600. The van der Waals surface area contributed by atoms with Gasteiger partial charge in [-0.1, -0.05) is 30.3 Å². The van der Waals surface area contributed by atoms with E-state index in [-0.39, 0.29) is 17.6 Å². The molecule has 1 aromatic carbocycles. The van der Waals surface area contributed by atoms with E-state index in [1.165, 1.54) is 5.56 Å². The first-order valence-electron chi connectivity index (χ1n) is 6.67. The minimum absolute atomic E-state index is 0.0341. The van der Waals surface area contributed by atoms with Gasteiger partial charge in [-0.05, 0) is 26.3 Å². The van der Waals surface area contributed by atoms with Crippen LogP contribution in [-0.2, 0) is 4.74 Å². The molecule has 0 spiro atoms. The van der Waals surface area contributed by atoms with Crippen molar-refractivity contribution in [3.8, 4) is 0 Å². The molecule has 18 heavy (non-hydrogen) atoms. The Morgan fingerprint density at radius 3 is 2.50 bits per heavy atom. The lowest BCUT2D eigenvalue weighted by Crippen LogP contribution is -2.57. The molecular formula is C15H24N2O. The maximum Gasteiger partial charge on any atom is 0.0645 e. The number of nitrogens with two attached hydrogens (primary N) is 1. The van der Waals surface area contributed by atoms with Crippen molar-refractivity contribution in [2.45, 2.75) is 38.4 Å². The van der Waals surface area contributed by atoms with Gasteiger partial charge < -0.3 is 10.5 Å². The number of hydrogen-bond donors (Lipinski definition) is 1. The second-order valence-corrected chi connectivity index (χ2v) is 5.77. The van der Waals surface area contributed by atoms with Crippen molar-refractivity contribution in [2.24, 2.45) is 5.73 Å². The van der Waals surface area contributed by atoms with Crippen LogP contribution in [-0.4, -0.2) is 36.2 Å². The monoisotopic (exact) mass is 248 g/mol. The summed E-state index contributed by atoms with van der Waals surface area (Å²) in [7, 11) is 0.